The third-order valence-corrected chi connectivity index (χ3v) is 6.05. The average Bonchev–Trinajstić information content (AvgIpc) is 3.05. The fourth-order valence-electron chi connectivity index (χ4n) is 4.28. The van der Waals surface area contributed by atoms with Gasteiger partial charge in [-0.2, -0.15) is 0 Å². The van der Waals surface area contributed by atoms with Crippen LogP contribution in [0.1, 0.15) is 60.5 Å². The van der Waals surface area contributed by atoms with Crippen molar-refractivity contribution < 1.29 is 9.59 Å². The van der Waals surface area contributed by atoms with E-state index in [-0.39, 0.29) is 11.8 Å². The van der Waals surface area contributed by atoms with Crippen molar-refractivity contribution in [1.82, 2.24) is 5.32 Å². The van der Waals surface area contributed by atoms with E-state index in [9.17, 15) is 9.59 Å². The summed E-state index contributed by atoms with van der Waals surface area (Å²) in [6.07, 6.45) is 2.97. The first-order valence-corrected chi connectivity index (χ1v) is 11.2. The van der Waals surface area contributed by atoms with E-state index in [0.717, 1.165) is 34.9 Å². The molecule has 31 heavy (non-hydrogen) atoms. The number of carbonyl (C=O) groups is 2. The lowest BCUT2D eigenvalue weighted by Crippen LogP contribution is -2.30. The monoisotopic (exact) mass is 414 g/mol. The van der Waals surface area contributed by atoms with Crippen molar-refractivity contribution in [3.05, 3.63) is 77.4 Å². The van der Waals surface area contributed by atoms with E-state index in [1.165, 1.54) is 11.1 Å². The second-order valence-corrected chi connectivity index (χ2v) is 8.59. The van der Waals surface area contributed by atoms with Gasteiger partial charge in [0, 0.05) is 30.5 Å². The average molecular weight is 415 g/mol. The van der Waals surface area contributed by atoms with Gasteiger partial charge in [-0.3, -0.25) is 9.59 Å². The highest BCUT2D eigenvalue weighted by atomic mass is 16.2. The number of nitrogens with one attached hydrogen (secondary N) is 1. The van der Waals surface area contributed by atoms with Crippen LogP contribution in [-0.2, 0) is 11.2 Å². The zero-order chi connectivity index (χ0) is 21.8. The van der Waals surface area contributed by atoms with E-state index < -0.39 is 0 Å². The van der Waals surface area contributed by atoms with Crippen molar-refractivity contribution in [3.63, 3.8) is 0 Å². The van der Waals surface area contributed by atoms with Gasteiger partial charge in [0.25, 0.3) is 5.91 Å². The van der Waals surface area contributed by atoms with Crippen LogP contribution in [0.15, 0.2) is 60.7 Å². The van der Waals surface area contributed by atoms with Gasteiger partial charge in [0.2, 0.25) is 5.91 Å². The highest BCUT2D eigenvalue weighted by Crippen LogP contribution is 2.37. The molecule has 4 nitrogen and oxygen atoms in total. The number of aryl methyl sites for hydroxylation is 1. The number of hydrogen-bond acceptors (Lipinski definition) is 2. The second-order valence-electron chi connectivity index (χ2n) is 8.59. The Bertz CT molecular complexity index is 1080. The van der Waals surface area contributed by atoms with Gasteiger partial charge in [0.15, 0.2) is 0 Å². The molecule has 1 heterocycles. The molecule has 0 aliphatic carbocycles. The fourth-order valence-corrected chi connectivity index (χ4v) is 4.28. The van der Waals surface area contributed by atoms with Crippen LogP contribution in [0.3, 0.4) is 0 Å². The normalized spacial score (nSPS) is 12.7. The summed E-state index contributed by atoms with van der Waals surface area (Å²) in [5.74, 6) is 0.638. The van der Waals surface area contributed by atoms with Crippen LogP contribution in [-0.4, -0.2) is 24.9 Å². The van der Waals surface area contributed by atoms with Crippen molar-refractivity contribution >= 4 is 28.3 Å². The molecular formula is C27H30N2O2. The van der Waals surface area contributed by atoms with Crippen LogP contribution in [0, 0.1) is 0 Å². The Kier molecular flexibility index (Phi) is 6.36. The second kappa shape index (κ2) is 9.34. The van der Waals surface area contributed by atoms with Gasteiger partial charge in [0.1, 0.15) is 0 Å². The summed E-state index contributed by atoms with van der Waals surface area (Å²) in [6, 6.07) is 20.6. The fraction of sp³-hybridized carbons (Fsp3) is 0.333. The molecule has 1 N–H and O–H groups in total. The molecule has 0 atom stereocenters. The summed E-state index contributed by atoms with van der Waals surface area (Å²) >= 11 is 0. The number of anilines is 1. The van der Waals surface area contributed by atoms with Gasteiger partial charge in [-0.25, -0.2) is 0 Å². The first-order chi connectivity index (χ1) is 15.0. The predicted octanol–water partition coefficient (Wildman–Crippen LogP) is 5.45. The Morgan fingerprint density at radius 3 is 2.45 bits per heavy atom. The minimum absolute atomic E-state index is 0.0377. The topological polar surface area (TPSA) is 49.4 Å². The summed E-state index contributed by atoms with van der Waals surface area (Å²) in [7, 11) is 0. The SMILES string of the molecule is CC(C)c1ccc(CCCNC(=O)CCCN2C(=O)c3cccc4cccc2c34)cc1. The van der Waals surface area contributed by atoms with Crippen LogP contribution in [0.25, 0.3) is 10.8 Å². The van der Waals surface area contributed by atoms with Crippen molar-refractivity contribution in [2.75, 3.05) is 18.0 Å². The van der Waals surface area contributed by atoms with Gasteiger partial charge in [0.05, 0.1) is 5.69 Å². The maximum absolute atomic E-state index is 12.8. The van der Waals surface area contributed by atoms with Gasteiger partial charge >= 0.3 is 0 Å². The van der Waals surface area contributed by atoms with Crippen molar-refractivity contribution in [2.45, 2.75) is 45.4 Å². The zero-order valence-electron chi connectivity index (χ0n) is 18.4. The number of nitrogens with zero attached hydrogens (tertiary/aromatic N) is 1. The van der Waals surface area contributed by atoms with Gasteiger partial charge in [-0.05, 0) is 53.8 Å². The number of hydrogen-bond donors (Lipinski definition) is 1. The Hall–Kier alpha value is -3.14. The van der Waals surface area contributed by atoms with E-state index >= 15 is 0 Å². The minimum Gasteiger partial charge on any atom is -0.356 e. The summed E-state index contributed by atoms with van der Waals surface area (Å²) in [6.45, 7) is 5.63. The van der Waals surface area contributed by atoms with Crippen LogP contribution in [0.4, 0.5) is 5.69 Å². The third kappa shape index (κ3) is 4.63. The maximum Gasteiger partial charge on any atom is 0.258 e. The summed E-state index contributed by atoms with van der Waals surface area (Å²) in [5.41, 5.74) is 4.38. The Morgan fingerprint density at radius 2 is 1.71 bits per heavy atom. The molecule has 1 aliphatic rings. The largest absolute Gasteiger partial charge is 0.356 e. The van der Waals surface area contributed by atoms with E-state index in [1.807, 2.05) is 41.3 Å². The van der Waals surface area contributed by atoms with E-state index in [1.54, 1.807) is 0 Å². The molecule has 4 rings (SSSR count). The molecule has 4 heteroatoms. The predicted molar refractivity (Wildman–Crippen MR) is 127 cm³/mol. The molecule has 1 aliphatic heterocycles. The number of carbonyl (C=O) groups excluding carboxylic acids is 2. The molecule has 0 radical (unpaired) electrons. The molecular weight excluding hydrogens is 384 g/mol. The van der Waals surface area contributed by atoms with E-state index in [2.05, 4.69) is 43.4 Å². The lowest BCUT2D eigenvalue weighted by Gasteiger charge is -2.17. The van der Waals surface area contributed by atoms with Crippen LogP contribution in [0.2, 0.25) is 0 Å². The van der Waals surface area contributed by atoms with Crippen LogP contribution < -0.4 is 10.2 Å². The number of rotatable bonds is 9. The molecule has 0 aromatic heterocycles. The highest BCUT2D eigenvalue weighted by molar-refractivity contribution is 6.25. The standard InChI is InChI=1S/C27H30N2O2/c1-19(2)21-15-13-20(14-16-21)7-5-17-28-25(30)12-6-18-29-24-11-4-9-22-8-3-10-23(26(22)24)27(29)31/h3-4,8-11,13-16,19H,5-7,12,17-18H2,1-2H3,(H,28,30). The Labute approximate surface area is 184 Å². The molecule has 160 valence electrons. The molecule has 2 amide bonds. The van der Waals surface area contributed by atoms with Crippen molar-refractivity contribution in [2.24, 2.45) is 0 Å². The van der Waals surface area contributed by atoms with Gasteiger partial charge in [-0.15, -0.1) is 0 Å². The summed E-state index contributed by atoms with van der Waals surface area (Å²) in [5, 5.41) is 5.13. The van der Waals surface area contributed by atoms with Crippen LogP contribution >= 0.6 is 0 Å². The molecule has 0 fully saturated rings. The molecule has 3 aromatic carbocycles. The van der Waals surface area contributed by atoms with Gasteiger partial charge in [-0.1, -0.05) is 62.4 Å². The number of amides is 2. The third-order valence-electron chi connectivity index (χ3n) is 6.05. The summed E-state index contributed by atoms with van der Waals surface area (Å²) in [4.78, 5) is 26.8. The van der Waals surface area contributed by atoms with Crippen LogP contribution in [0.5, 0.6) is 0 Å². The number of benzene rings is 3. The smallest absolute Gasteiger partial charge is 0.258 e. The van der Waals surface area contributed by atoms with E-state index in [4.69, 9.17) is 0 Å². The van der Waals surface area contributed by atoms with E-state index in [0.29, 0.717) is 31.8 Å². The Morgan fingerprint density at radius 1 is 0.968 bits per heavy atom. The lowest BCUT2D eigenvalue weighted by molar-refractivity contribution is -0.121. The molecule has 0 saturated heterocycles. The summed E-state index contributed by atoms with van der Waals surface area (Å²) < 4.78 is 0. The first-order valence-electron chi connectivity index (χ1n) is 11.2. The molecule has 0 unspecified atom stereocenters. The van der Waals surface area contributed by atoms with Gasteiger partial charge < -0.3 is 10.2 Å². The minimum atomic E-state index is 0.0377. The molecule has 0 spiro atoms. The molecule has 0 saturated carbocycles. The lowest BCUT2D eigenvalue weighted by atomic mass is 10.0. The highest BCUT2D eigenvalue weighted by Gasteiger charge is 2.28. The molecule has 0 bridgehead atoms. The van der Waals surface area contributed by atoms with Crippen molar-refractivity contribution in [3.8, 4) is 0 Å². The first kappa shape index (κ1) is 21.1. The van der Waals surface area contributed by atoms with Crippen molar-refractivity contribution in [1.29, 1.82) is 0 Å². The maximum atomic E-state index is 12.8. The quantitative estimate of drug-likeness (QED) is 0.473. The Balaban J connectivity index is 1.20. The zero-order valence-corrected chi connectivity index (χ0v) is 18.4. The molecule has 3 aromatic rings.